The van der Waals surface area contributed by atoms with E-state index in [1.807, 2.05) is 6.07 Å². The molecule has 1 N–H and O–H groups in total. The molecule has 0 bridgehead atoms. The van der Waals surface area contributed by atoms with E-state index in [1.54, 1.807) is 18.6 Å². The van der Waals surface area contributed by atoms with Gasteiger partial charge in [-0.25, -0.2) is 9.97 Å². The maximum Gasteiger partial charge on any atom is 0.178 e. The van der Waals surface area contributed by atoms with Crippen LogP contribution in [-0.4, -0.2) is 20.5 Å². The predicted molar refractivity (Wildman–Crippen MR) is 60.7 cm³/mol. The highest BCUT2D eigenvalue weighted by Gasteiger charge is 2.09. The molecule has 2 heterocycles. The first-order chi connectivity index (χ1) is 7.04. The lowest BCUT2D eigenvalue weighted by atomic mass is 10.1. The average molecular weight is 202 g/mol. The smallest absolute Gasteiger partial charge is 0.178 e. The van der Waals surface area contributed by atoms with E-state index >= 15 is 0 Å². The second kappa shape index (κ2) is 3.46. The fourth-order valence-corrected chi connectivity index (χ4v) is 1.36. The van der Waals surface area contributed by atoms with Crippen LogP contribution >= 0.6 is 0 Å². The summed E-state index contributed by atoms with van der Waals surface area (Å²) in [5.74, 6) is 0. The highest BCUT2D eigenvalue weighted by atomic mass is 15.0. The molecule has 0 aliphatic heterocycles. The molecule has 0 fully saturated rings. The van der Waals surface area contributed by atoms with Gasteiger partial charge in [0.2, 0.25) is 0 Å². The first kappa shape index (κ1) is 9.83. The van der Waals surface area contributed by atoms with E-state index < -0.39 is 0 Å². The maximum atomic E-state index is 4.23. The molecule has 0 amide bonds. The third-order valence-electron chi connectivity index (χ3n) is 1.84. The van der Waals surface area contributed by atoms with Crippen molar-refractivity contribution >= 4 is 16.9 Å². The minimum absolute atomic E-state index is 0.0254. The monoisotopic (exact) mass is 202 g/mol. The van der Waals surface area contributed by atoms with E-state index in [4.69, 9.17) is 0 Å². The van der Waals surface area contributed by atoms with Crippen LogP contribution in [0.2, 0.25) is 0 Å². The Morgan fingerprint density at radius 3 is 2.53 bits per heavy atom. The molecular weight excluding hydrogens is 188 g/mol. The lowest BCUT2D eigenvalue weighted by Gasteiger charge is -2.21. The van der Waals surface area contributed by atoms with Crippen molar-refractivity contribution in [3.05, 3.63) is 24.7 Å². The summed E-state index contributed by atoms with van der Waals surface area (Å²) < 4.78 is 0. The minimum Gasteiger partial charge on any atom is -0.379 e. The van der Waals surface area contributed by atoms with Gasteiger partial charge in [-0.05, 0) is 26.8 Å². The van der Waals surface area contributed by atoms with E-state index in [0.717, 1.165) is 11.2 Å². The number of hydrogen-bond acceptors (Lipinski definition) is 4. The third-order valence-corrected chi connectivity index (χ3v) is 1.84. The van der Waals surface area contributed by atoms with Gasteiger partial charge in [-0.3, -0.25) is 4.98 Å². The van der Waals surface area contributed by atoms with Crippen LogP contribution in [-0.2, 0) is 0 Å². The van der Waals surface area contributed by atoms with E-state index in [2.05, 4.69) is 41.0 Å². The summed E-state index contributed by atoms with van der Waals surface area (Å²) in [6.45, 7) is 6.32. The normalized spacial score (nSPS) is 11.7. The molecule has 15 heavy (non-hydrogen) atoms. The number of pyridine rings is 1. The first-order valence-electron chi connectivity index (χ1n) is 4.89. The quantitative estimate of drug-likeness (QED) is 0.770. The second-order valence-corrected chi connectivity index (χ2v) is 4.50. The Bertz CT molecular complexity index is 473. The summed E-state index contributed by atoms with van der Waals surface area (Å²) in [5.41, 5.74) is 2.48. The molecule has 0 aliphatic rings. The van der Waals surface area contributed by atoms with Crippen molar-refractivity contribution < 1.29 is 0 Å². The van der Waals surface area contributed by atoms with Crippen LogP contribution in [0.25, 0.3) is 11.2 Å². The zero-order valence-electron chi connectivity index (χ0n) is 9.15. The van der Waals surface area contributed by atoms with Crippen molar-refractivity contribution in [3.63, 3.8) is 0 Å². The number of fused-ring (bicyclic) bond motifs is 1. The molecule has 2 aromatic heterocycles. The van der Waals surface area contributed by atoms with Crippen LogP contribution in [0, 0.1) is 0 Å². The minimum atomic E-state index is 0.0254. The Kier molecular flexibility index (Phi) is 2.26. The van der Waals surface area contributed by atoms with Crippen LogP contribution in [0.3, 0.4) is 0 Å². The van der Waals surface area contributed by atoms with E-state index in [-0.39, 0.29) is 5.54 Å². The Balaban J connectivity index is 2.39. The molecular formula is C11H14N4. The molecule has 0 unspecified atom stereocenters. The van der Waals surface area contributed by atoms with Crippen molar-refractivity contribution in [1.29, 1.82) is 0 Å². The summed E-state index contributed by atoms with van der Waals surface area (Å²) in [6.07, 6.45) is 5.10. The van der Waals surface area contributed by atoms with Crippen molar-refractivity contribution in [2.75, 3.05) is 5.32 Å². The van der Waals surface area contributed by atoms with Crippen LogP contribution in [0.15, 0.2) is 24.7 Å². The molecule has 0 atom stereocenters. The number of nitrogens with one attached hydrogen (secondary N) is 1. The second-order valence-electron chi connectivity index (χ2n) is 4.50. The van der Waals surface area contributed by atoms with Gasteiger partial charge in [-0.1, -0.05) is 0 Å². The molecule has 78 valence electrons. The topological polar surface area (TPSA) is 50.7 Å². The van der Waals surface area contributed by atoms with Gasteiger partial charge >= 0.3 is 0 Å². The maximum absolute atomic E-state index is 4.23. The molecule has 0 saturated carbocycles. The number of nitrogens with zero attached hydrogens (tertiary/aromatic N) is 3. The molecule has 2 aromatic rings. The van der Waals surface area contributed by atoms with Crippen molar-refractivity contribution in [2.24, 2.45) is 0 Å². The zero-order chi connectivity index (χ0) is 10.9. The van der Waals surface area contributed by atoms with Crippen LogP contribution in [0.4, 0.5) is 5.69 Å². The average Bonchev–Trinajstić information content (AvgIpc) is 2.15. The van der Waals surface area contributed by atoms with Gasteiger partial charge in [-0.2, -0.15) is 0 Å². The molecule has 4 nitrogen and oxygen atoms in total. The lowest BCUT2D eigenvalue weighted by molar-refractivity contribution is 0.634. The van der Waals surface area contributed by atoms with Gasteiger partial charge in [0, 0.05) is 17.9 Å². The molecule has 4 heteroatoms. The predicted octanol–water partition coefficient (Wildman–Crippen LogP) is 2.24. The van der Waals surface area contributed by atoms with E-state index in [9.17, 15) is 0 Å². The van der Waals surface area contributed by atoms with Crippen molar-refractivity contribution in [1.82, 2.24) is 15.0 Å². The van der Waals surface area contributed by atoms with Gasteiger partial charge in [0.05, 0.1) is 11.9 Å². The number of hydrogen-bond donors (Lipinski definition) is 1. The summed E-state index contributed by atoms with van der Waals surface area (Å²) in [5, 5.41) is 3.34. The summed E-state index contributed by atoms with van der Waals surface area (Å²) in [4.78, 5) is 12.6. The van der Waals surface area contributed by atoms with E-state index in [0.29, 0.717) is 5.65 Å². The van der Waals surface area contributed by atoms with Gasteiger partial charge in [-0.15, -0.1) is 0 Å². The number of rotatable bonds is 1. The van der Waals surface area contributed by atoms with E-state index in [1.165, 1.54) is 0 Å². The fourth-order valence-electron chi connectivity index (χ4n) is 1.36. The van der Waals surface area contributed by atoms with Crippen LogP contribution in [0.5, 0.6) is 0 Å². The Morgan fingerprint density at radius 1 is 1.07 bits per heavy atom. The standard InChI is InChI=1S/C11H14N4/c1-11(2,3)15-8-6-9-10(14-7-8)13-5-4-12-9/h4-7,15H,1-3H3. The molecule has 0 aliphatic carbocycles. The van der Waals surface area contributed by atoms with Gasteiger partial charge in [0.1, 0.15) is 5.52 Å². The lowest BCUT2D eigenvalue weighted by Crippen LogP contribution is -2.26. The molecule has 2 rings (SSSR count). The Morgan fingerprint density at radius 2 is 1.80 bits per heavy atom. The highest BCUT2D eigenvalue weighted by Crippen LogP contribution is 2.16. The molecule has 0 aromatic carbocycles. The van der Waals surface area contributed by atoms with Crippen LogP contribution < -0.4 is 5.32 Å². The molecule has 0 saturated heterocycles. The third kappa shape index (κ3) is 2.40. The zero-order valence-corrected chi connectivity index (χ0v) is 9.15. The Hall–Kier alpha value is -1.71. The van der Waals surface area contributed by atoms with Gasteiger partial charge in [0.25, 0.3) is 0 Å². The van der Waals surface area contributed by atoms with Crippen molar-refractivity contribution in [3.8, 4) is 0 Å². The van der Waals surface area contributed by atoms with Gasteiger partial charge < -0.3 is 5.32 Å². The summed E-state index contributed by atoms with van der Waals surface area (Å²) in [7, 11) is 0. The largest absolute Gasteiger partial charge is 0.379 e. The SMILES string of the molecule is CC(C)(C)Nc1cnc2nccnc2c1. The molecule has 0 radical (unpaired) electrons. The Labute approximate surface area is 88.8 Å². The van der Waals surface area contributed by atoms with Crippen LogP contribution in [0.1, 0.15) is 20.8 Å². The first-order valence-corrected chi connectivity index (χ1v) is 4.89. The van der Waals surface area contributed by atoms with Crippen molar-refractivity contribution in [2.45, 2.75) is 26.3 Å². The highest BCUT2D eigenvalue weighted by molar-refractivity contribution is 5.73. The van der Waals surface area contributed by atoms with Gasteiger partial charge in [0.15, 0.2) is 5.65 Å². The summed E-state index contributed by atoms with van der Waals surface area (Å²) in [6, 6.07) is 1.96. The summed E-state index contributed by atoms with van der Waals surface area (Å²) >= 11 is 0. The number of aromatic nitrogens is 3. The number of anilines is 1. The molecule has 0 spiro atoms. The fraction of sp³-hybridized carbons (Fsp3) is 0.364.